The molecule has 18 heteroatoms. The van der Waals surface area contributed by atoms with Gasteiger partial charge in [-0.05, 0) is 61.5 Å². The van der Waals surface area contributed by atoms with Gasteiger partial charge in [0.05, 0.1) is 25.0 Å². The topological polar surface area (TPSA) is 166 Å². The number of aromatic amines is 1. The molecule has 0 saturated carbocycles. The number of aromatic nitrogens is 2. The molecule has 2 heterocycles. The molecule has 1 unspecified atom stereocenters. The highest BCUT2D eigenvalue weighted by Gasteiger charge is 2.39. The Morgan fingerprint density at radius 1 is 0.978 bits per heavy atom. The highest BCUT2D eigenvalue weighted by molar-refractivity contribution is 5.97. The van der Waals surface area contributed by atoms with Crippen molar-refractivity contribution in [2.24, 2.45) is 0 Å². The van der Waals surface area contributed by atoms with Crippen LogP contribution >= 0.6 is 0 Å². The number of carboxylic acid groups (broad SMARTS) is 2. The average Bonchev–Trinajstić information content (AvgIpc) is 3.52. The summed E-state index contributed by atoms with van der Waals surface area (Å²) in [6.07, 6.45) is -5.98. The Labute approximate surface area is 258 Å². The van der Waals surface area contributed by atoms with Crippen LogP contribution in [-0.4, -0.2) is 95.9 Å². The van der Waals surface area contributed by atoms with Gasteiger partial charge >= 0.3 is 24.3 Å². The quantitative estimate of drug-likeness (QED) is 0.223. The first kappa shape index (κ1) is 37.3. The summed E-state index contributed by atoms with van der Waals surface area (Å²) in [4.78, 5) is 32.9. The number of amides is 1. The van der Waals surface area contributed by atoms with Gasteiger partial charge < -0.3 is 35.2 Å². The van der Waals surface area contributed by atoms with Crippen molar-refractivity contribution in [3.8, 4) is 22.6 Å². The number of H-pyrrole nitrogens is 1. The van der Waals surface area contributed by atoms with Gasteiger partial charge in [-0.2, -0.15) is 31.4 Å². The van der Waals surface area contributed by atoms with Gasteiger partial charge in [0.2, 0.25) is 5.91 Å². The maximum Gasteiger partial charge on any atom is 0.490 e. The van der Waals surface area contributed by atoms with Crippen LogP contribution in [0.25, 0.3) is 11.1 Å². The lowest BCUT2D eigenvalue weighted by atomic mass is 9.95. The third-order valence-electron chi connectivity index (χ3n) is 6.04. The predicted molar refractivity (Wildman–Crippen MR) is 151 cm³/mol. The highest BCUT2D eigenvalue weighted by atomic mass is 19.4. The van der Waals surface area contributed by atoms with Crippen molar-refractivity contribution >= 4 is 23.5 Å². The lowest BCUT2D eigenvalue weighted by molar-refractivity contribution is -0.193. The van der Waals surface area contributed by atoms with Gasteiger partial charge in [0.25, 0.3) is 0 Å². The normalized spacial score (nSPS) is 14.1. The Morgan fingerprint density at radius 2 is 1.61 bits per heavy atom. The summed E-state index contributed by atoms with van der Waals surface area (Å²) >= 11 is 0. The number of carbonyl (C=O) groups is 3. The molecule has 1 amide bonds. The van der Waals surface area contributed by atoms with Crippen LogP contribution in [0.1, 0.15) is 11.1 Å². The molecule has 46 heavy (non-hydrogen) atoms. The number of aliphatic carboxylic acids is 2. The second-order valence-corrected chi connectivity index (χ2v) is 9.72. The summed E-state index contributed by atoms with van der Waals surface area (Å²) in [5, 5.41) is 27.5. The summed E-state index contributed by atoms with van der Waals surface area (Å²) in [6, 6.07) is 11.4. The van der Waals surface area contributed by atoms with Crippen molar-refractivity contribution in [3.63, 3.8) is 0 Å². The number of benzene rings is 2. The van der Waals surface area contributed by atoms with Gasteiger partial charge in [-0.3, -0.25) is 9.89 Å². The minimum absolute atomic E-state index is 0.0907. The van der Waals surface area contributed by atoms with Gasteiger partial charge in [0, 0.05) is 24.8 Å². The zero-order valence-electron chi connectivity index (χ0n) is 24.6. The van der Waals surface area contributed by atoms with Crippen molar-refractivity contribution in [2.75, 3.05) is 39.7 Å². The lowest BCUT2D eigenvalue weighted by Crippen LogP contribution is -2.44. The third-order valence-corrected chi connectivity index (χ3v) is 6.04. The van der Waals surface area contributed by atoms with Gasteiger partial charge in [-0.25, -0.2) is 9.59 Å². The van der Waals surface area contributed by atoms with E-state index in [9.17, 15) is 31.1 Å². The molecule has 12 nitrogen and oxygen atoms in total. The standard InChI is InChI=1S/C24H29N5O3.2C2HF3O2/c1-29(2)8-9-32-23-12-16(19-14-26-27-15-19)5-7-21(23)28-24(30)22-11-18-10-20(31-3)6-4-17(18)13-25-22;2*3-2(4,5)1(6)7/h4-7,10,12,14-15,22,25H,8-9,11,13H2,1-3H3,(H,26,27)(H,28,30);2*(H,6,7). The average molecular weight is 664 g/mol. The van der Waals surface area contributed by atoms with E-state index < -0.39 is 24.3 Å². The fourth-order valence-corrected chi connectivity index (χ4v) is 3.69. The van der Waals surface area contributed by atoms with Gasteiger partial charge in [-0.1, -0.05) is 12.1 Å². The van der Waals surface area contributed by atoms with Crippen LogP contribution in [0, 0.1) is 0 Å². The predicted octanol–water partition coefficient (Wildman–Crippen LogP) is 3.95. The first-order chi connectivity index (χ1) is 21.4. The number of rotatable bonds is 8. The summed E-state index contributed by atoms with van der Waals surface area (Å²) in [7, 11) is 5.64. The van der Waals surface area contributed by atoms with E-state index in [-0.39, 0.29) is 11.9 Å². The molecule has 252 valence electrons. The second-order valence-electron chi connectivity index (χ2n) is 9.72. The number of carboxylic acids is 2. The Bertz CT molecular complexity index is 1440. The van der Waals surface area contributed by atoms with Crippen LogP contribution in [0.3, 0.4) is 0 Å². The Morgan fingerprint density at radius 3 is 2.13 bits per heavy atom. The van der Waals surface area contributed by atoms with E-state index in [0.717, 1.165) is 29.0 Å². The summed E-state index contributed by atoms with van der Waals surface area (Å²) in [5.74, 6) is -4.17. The van der Waals surface area contributed by atoms with Gasteiger partial charge in [-0.15, -0.1) is 0 Å². The van der Waals surface area contributed by atoms with E-state index in [2.05, 4.69) is 25.7 Å². The number of ether oxygens (including phenoxy) is 2. The molecular formula is C28H31F6N5O7. The number of anilines is 1. The number of likely N-dealkylation sites (N-methyl/N-ethyl adjacent to an activating group) is 1. The number of nitrogens with zero attached hydrogens (tertiary/aromatic N) is 2. The van der Waals surface area contributed by atoms with E-state index in [1.165, 1.54) is 5.56 Å². The molecule has 0 spiro atoms. The molecular weight excluding hydrogens is 632 g/mol. The Kier molecular flexibility index (Phi) is 13.4. The molecule has 2 aromatic carbocycles. The number of carbonyl (C=O) groups excluding carboxylic acids is 1. The van der Waals surface area contributed by atoms with E-state index in [4.69, 9.17) is 29.3 Å². The van der Waals surface area contributed by atoms with Crippen molar-refractivity contribution in [2.45, 2.75) is 31.4 Å². The molecule has 0 saturated heterocycles. The largest absolute Gasteiger partial charge is 0.497 e. The maximum atomic E-state index is 13.1. The number of alkyl halides is 6. The molecule has 4 rings (SSSR count). The van der Waals surface area contributed by atoms with E-state index in [1.807, 2.05) is 56.7 Å². The summed E-state index contributed by atoms with van der Waals surface area (Å²) in [6.45, 7) is 1.93. The van der Waals surface area contributed by atoms with Gasteiger partial charge in [0.1, 0.15) is 18.1 Å². The number of halogens is 6. The fourth-order valence-electron chi connectivity index (χ4n) is 3.69. The van der Waals surface area contributed by atoms with E-state index in [0.29, 0.717) is 31.0 Å². The fraction of sp³-hybridized carbons (Fsp3) is 0.357. The maximum absolute atomic E-state index is 13.1. The SMILES string of the molecule is COc1ccc2c(c1)CC(C(=O)Nc1ccc(-c3cn[nH]c3)cc1OCCN(C)C)NC2.O=C(O)C(F)(F)F.O=C(O)C(F)(F)F. The van der Waals surface area contributed by atoms with Crippen LogP contribution < -0.4 is 20.1 Å². The highest BCUT2D eigenvalue weighted by Crippen LogP contribution is 2.31. The number of hydrogen-bond acceptors (Lipinski definition) is 8. The first-order valence-electron chi connectivity index (χ1n) is 13.1. The van der Waals surface area contributed by atoms with Crippen LogP contribution in [0.15, 0.2) is 48.8 Å². The second kappa shape index (κ2) is 16.5. The van der Waals surface area contributed by atoms with Crippen LogP contribution in [-0.2, 0) is 27.3 Å². The van der Waals surface area contributed by atoms with Crippen LogP contribution in [0.5, 0.6) is 11.5 Å². The molecule has 3 aromatic rings. The zero-order chi connectivity index (χ0) is 34.7. The zero-order valence-corrected chi connectivity index (χ0v) is 24.6. The van der Waals surface area contributed by atoms with E-state index in [1.54, 1.807) is 13.3 Å². The molecule has 0 aliphatic carbocycles. The Balaban J connectivity index is 0.000000440. The van der Waals surface area contributed by atoms with Crippen molar-refractivity contribution in [1.29, 1.82) is 0 Å². The van der Waals surface area contributed by atoms with Crippen molar-refractivity contribution in [3.05, 3.63) is 59.9 Å². The molecule has 5 N–H and O–H groups in total. The molecule has 1 aliphatic heterocycles. The number of fused-ring (bicyclic) bond motifs is 1. The number of methoxy groups -OCH3 is 1. The molecule has 1 aliphatic rings. The third kappa shape index (κ3) is 11.9. The minimum Gasteiger partial charge on any atom is -0.497 e. The number of hydrogen-bond donors (Lipinski definition) is 5. The Hall–Kier alpha value is -4.84. The lowest BCUT2D eigenvalue weighted by Gasteiger charge is -2.26. The first-order valence-corrected chi connectivity index (χ1v) is 13.1. The van der Waals surface area contributed by atoms with Crippen LogP contribution in [0.4, 0.5) is 32.0 Å². The smallest absolute Gasteiger partial charge is 0.490 e. The molecule has 1 aromatic heterocycles. The summed E-state index contributed by atoms with van der Waals surface area (Å²) < 4.78 is 74.8. The molecule has 0 radical (unpaired) electrons. The van der Waals surface area contributed by atoms with Gasteiger partial charge in [0.15, 0.2) is 0 Å². The van der Waals surface area contributed by atoms with Crippen molar-refractivity contribution in [1.82, 2.24) is 20.4 Å². The van der Waals surface area contributed by atoms with Crippen LogP contribution in [0.2, 0.25) is 0 Å². The molecule has 0 fully saturated rings. The molecule has 0 bridgehead atoms. The molecule has 1 atom stereocenters. The van der Waals surface area contributed by atoms with E-state index >= 15 is 0 Å². The number of nitrogens with one attached hydrogen (secondary N) is 3. The summed E-state index contributed by atoms with van der Waals surface area (Å²) in [5.41, 5.74) is 4.89. The minimum atomic E-state index is -5.08. The van der Waals surface area contributed by atoms with Crippen molar-refractivity contribution < 1.29 is 60.4 Å². The monoisotopic (exact) mass is 663 g/mol.